The van der Waals surface area contributed by atoms with Gasteiger partial charge in [0.15, 0.2) is 0 Å². The van der Waals surface area contributed by atoms with E-state index in [4.69, 9.17) is 0 Å². The second-order valence-electron chi connectivity index (χ2n) is 8.19. The largest absolute Gasteiger partial charge is 0.573 e. The lowest BCUT2D eigenvalue weighted by atomic mass is 10.1. The molecule has 34 heavy (non-hydrogen) atoms. The summed E-state index contributed by atoms with van der Waals surface area (Å²) in [5.41, 5.74) is 1.07. The first kappa shape index (κ1) is 23.5. The maximum atomic E-state index is 13.1. The van der Waals surface area contributed by atoms with Crippen LogP contribution in [0, 0.1) is 0 Å². The minimum atomic E-state index is -4.85. The lowest BCUT2D eigenvalue weighted by molar-refractivity contribution is -0.274. The van der Waals surface area contributed by atoms with Crippen LogP contribution in [0.1, 0.15) is 42.1 Å². The van der Waals surface area contributed by atoms with Gasteiger partial charge in [-0.1, -0.05) is 0 Å². The van der Waals surface area contributed by atoms with Gasteiger partial charge in [-0.05, 0) is 62.1 Å². The van der Waals surface area contributed by atoms with Crippen LogP contribution in [0.3, 0.4) is 0 Å². The molecule has 0 radical (unpaired) electrons. The number of urea groups is 1. The number of carbonyl (C=O) groups is 3. The molecule has 0 N–H and O–H groups in total. The molecule has 3 heterocycles. The fraction of sp³-hybridized carbons (Fsp3) is 0.391. The van der Waals surface area contributed by atoms with E-state index in [0.717, 1.165) is 36.3 Å². The number of anilines is 1. The number of hydrogen-bond acceptors (Lipinski definition) is 5. The van der Waals surface area contributed by atoms with Crippen LogP contribution < -0.4 is 9.64 Å². The van der Waals surface area contributed by atoms with Gasteiger partial charge >= 0.3 is 12.4 Å². The standard InChI is InChI=1S/C23H23F3N4O4/c1-15-20(31)30(17-5-7-18(8-6-17)34-23(24,25)26)22(33)29(15)14-16-9-10-27-13-19(16)21(32)28-11-3-2-4-12-28/h5-10,13,15H,2-4,11-12,14H2,1H3. The van der Waals surface area contributed by atoms with Gasteiger partial charge in [-0.2, -0.15) is 0 Å². The van der Waals surface area contributed by atoms with Gasteiger partial charge in [0.25, 0.3) is 11.8 Å². The van der Waals surface area contributed by atoms with Crippen molar-refractivity contribution >= 4 is 23.5 Å². The Hall–Kier alpha value is -3.63. The molecule has 2 aliphatic rings. The molecule has 2 saturated heterocycles. The van der Waals surface area contributed by atoms with Crippen molar-refractivity contribution in [2.75, 3.05) is 18.0 Å². The summed E-state index contributed by atoms with van der Waals surface area (Å²) >= 11 is 0. The second-order valence-corrected chi connectivity index (χ2v) is 8.19. The van der Waals surface area contributed by atoms with Gasteiger partial charge in [-0.25, -0.2) is 9.69 Å². The van der Waals surface area contributed by atoms with Crippen LogP contribution >= 0.6 is 0 Å². The smallest absolute Gasteiger partial charge is 0.406 e. The summed E-state index contributed by atoms with van der Waals surface area (Å²) in [6.07, 6.45) is 1.08. The highest BCUT2D eigenvalue weighted by Gasteiger charge is 2.43. The molecule has 11 heteroatoms. The number of alkyl halides is 3. The molecule has 0 bridgehead atoms. The SMILES string of the molecule is CC1C(=O)N(c2ccc(OC(F)(F)F)cc2)C(=O)N1Cc1ccncc1C(=O)N1CCCCC1. The quantitative estimate of drug-likeness (QED) is 0.610. The summed E-state index contributed by atoms with van der Waals surface area (Å²) in [4.78, 5) is 47.1. The maximum absolute atomic E-state index is 13.1. The Morgan fingerprint density at radius 1 is 1.09 bits per heavy atom. The van der Waals surface area contributed by atoms with E-state index < -0.39 is 30.1 Å². The Morgan fingerprint density at radius 3 is 2.41 bits per heavy atom. The Balaban J connectivity index is 1.54. The molecule has 2 fully saturated rings. The Morgan fingerprint density at radius 2 is 1.76 bits per heavy atom. The lowest BCUT2D eigenvalue weighted by Crippen LogP contribution is -2.37. The zero-order valence-corrected chi connectivity index (χ0v) is 18.4. The van der Waals surface area contributed by atoms with Crippen molar-refractivity contribution in [1.29, 1.82) is 0 Å². The van der Waals surface area contributed by atoms with Crippen LogP contribution in [0.25, 0.3) is 0 Å². The van der Waals surface area contributed by atoms with Crippen molar-refractivity contribution in [3.05, 3.63) is 53.9 Å². The first-order valence-corrected chi connectivity index (χ1v) is 10.9. The maximum Gasteiger partial charge on any atom is 0.573 e. The summed E-state index contributed by atoms with van der Waals surface area (Å²) in [6.45, 7) is 2.89. The molecule has 4 rings (SSSR count). The number of halogens is 3. The molecule has 8 nitrogen and oxygen atoms in total. The lowest BCUT2D eigenvalue weighted by Gasteiger charge is -2.28. The van der Waals surface area contributed by atoms with Gasteiger partial charge in [0.1, 0.15) is 11.8 Å². The second kappa shape index (κ2) is 9.32. The van der Waals surface area contributed by atoms with E-state index in [-0.39, 0.29) is 18.1 Å². The summed E-state index contributed by atoms with van der Waals surface area (Å²) in [7, 11) is 0. The molecule has 0 spiro atoms. The van der Waals surface area contributed by atoms with Crippen LogP contribution in [-0.4, -0.2) is 58.1 Å². The minimum absolute atomic E-state index is 0.00887. The normalized spacial score (nSPS) is 19.1. The highest BCUT2D eigenvalue weighted by atomic mass is 19.4. The van der Waals surface area contributed by atoms with E-state index in [1.165, 1.54) is 29.4 Å². The van der Waals surface area contributed by atoms with Gasteiger partial charge in [0, 0.05) is 32.0 Å². The monoisotopic (exact) mass is 476 g/mol. The Kier molecular flexibility index (Phi) is 6.45. The number of benzene rings is 1. The number of aromatic nitrogens is 1. The van der Waals surface area contributed by atoms with Crippen LogP contribution in [0.2, 0.25) is 0 Å². The predicted octanol–water partition coefficient (Wildman–Crippen LogP) is 3.96. The zero-order valence-electron chi connectivity index (χ0n) is 18.4. The number of carbonyl (C=O) groups excluding carboxylic acids is 3. The van der Waals surface area contributed by atoms with Crippen molar-refractivity contribution in [2.24, 2.45) is 0 Å². The van der Waals surface area contributed by atoms with Crippen molar-refractivity contribution in [3.8, 4) is 5.75 Å². The van der Waals surface area contributed by atoms with Gasteiger partial charge in [-0.3, -0.25) is 14.6 Å². The van der Waals surface area contributed by atoms with Gasteiger partial charge in [0.2, 0.25) is 0 Å². The fourth-order valence-corrected chi connectivity index (χ4v) is 4.15. The summed E-state index contributed by atoms with van der Waals surface area (Å²) in [5, 5.41) is 0. The minimum Gasteiger partial charge on any atom is -0.406 e. The topological polar surface area (TPSA) is 83.0 Å². The summed E-state index contributed by atoms with van der Waals surface area (Å²) in [5.74, 6) is -1.14. The molecule has 180 valence electrons. The zero-order chi connectivity index (χ0) is 24.5. The molecular formula is C23H23F3N4O4. The number of imide groups is 1. The van der Waals surface area contributed by atoms with E-state index in [9.17, 15) is 27.6 Å². The van der Waals surface area contributed by atoms with Crippen LogP contribution in [0.15, 0.2) is 42.7 Å². The number of nitrogens with zero attached hydrogens (tertiary/aromatic N) is 4. The number of rotatable bonds is 5. The highest BCUT2D eigenvalue weighted by Crippen LogP contribution is 2.30. The van der Waals surface area contributed by atoms with E-state index in [1.54, 1.807) is 17.9 Å². The van der Waals surface area contributed by atoms with Crippen molar-refractivity contribution in [1.82, 2.24) is 14.8 Å². The molecule has 0 saturated carbocycles. The van der Waals surface area contributed by atoms with E-state index in [1.807, 2.05) is 0 Å². The summed E-state index contributed by atoms with van der Waals surface area (Å²) < 4.78 is 41.1. The van der Waals surface area contributed by atoms with Crippen molar-refractivity contribution in [2.45, 2.75) is 45.1 Å². The van der Waals surface area contributed by atoms with Gasteiger partial charge < -0.3 is 14.5 Å². The van der Waals surface area contributed by atoms with Crippen molar-refractivity contribution < 1.29 is 32.3 Å². The molecular weight excluding hydrogens is 453 g/mol. The van der Waals surface area contributed by atoms with Crippen molar-refractivity contribution in [3.63, 3.8) is 0 Å². The molecule has 1 atom stereocenters. The first-order chi connectivity index (χ1) is 16.2. The molecule has 2 aliphatic heterocycles. The third-order valence-electron chi connectivity index (χ3n) is 5.94. The van der Waals surface area contributed by atoms with Crippen LogP contribution in [-0.2, 0) is 11.3 Å². The number of likely N-dealkylation sites (tertiary alicyclic amines) is 1. The number of ether oxygens (including phenoxy) is 1. The predicted molar refractivity (Wildman–Crippen MR) is 115 cm³/mol. The molecule has 4 amide bonds. The first-order valence-electron chi connectivity index (χ1n) is 10.9. The van der Waals surface area contributed by atoms with Gasteiger partial charge in [-0.15, -0.1) is 13.2 Å². The number of amides is 4. The van der Waals surface area contributed by atoms with E-state index in [0.29, 0.717) is 24.2 Å². The molecule has 1 unspecified atom stereocenters. The Bertz CT molecular complexity index is 1080. The average Bonchev–Trinajstić information content (AvgIpc) is 3.02. The average molecular weight is 476 g/mol. The van der Waals surface area contributed by atoms with E-state index in [2.05, 4.69) is 9.72 Å². The molecule has 0 aliphatic carbocycles. The van der Waals surface area contributed by atoms with Crippen LogP contribution in [0.5, 0.6) is 5.75 Å². The Labute approximate surface area is 193 Å². The molecule has 1 aromatic heterocycles. The molecule has 1 aromatic carbocycles. The van der Waals surface area contributed by atoms with E-state index >= 15 is 0 Å². The van der Waals surface area contributed by atoms with Crippen LogP contribution in [0.4, 0.5) is 23.7 Å². The summed E-state index contributed by atoms with van der Waals surface area (Å²) in [6, 6.07) is 4.69. The fourth-order valence-electron chi connectivity index (χ4n) is 4.15. The molecule has 2 aromatic rings. The third-order valence-corrected chi connectivity index (χ3v) is 5.94. The third kappa shape index (κ3) is 4.82. The van der Waals surface area contributed by atoms with Gasteiger partial charge in [0.05, 0.1) is 11.3 Å². The number of pyridine rings is 1. The highest BCUT2D eigenvalue weighted by molar-refractivity contribution is 6.21. The number of hydrogen-bond donors (Lipinski definition) is 0. The number of piperidine rings is 1.